The van der Waals surface area contributed by atoms with Gasteiger partial charge in [-0.05, 0) is 171 Å². The van der Waals surface area contributed by atoms with Crippen LogP contribution in [0.2, 0.25) is 0 Å². The number of aromatic hydroxyl groups is 1. The van der Waals surface area contributed by atoms with Crippen molar-refractivity contribution in [3.8, 4) is 23.3 Å². The molecule has 434 valence electrons. The Hall–Kier alpha value is -6.12. The van der Waals surface area contributed by atoms with Crippen LogP contribution in [0.4, 0.5) is 5.82 Å². The second-order valence-electron chi connectivity index (χ2n) is 29.1. The first-order valence-electron chi connectivity index (χ1n) is 31.7. The summed E-state index contributed by atoms with van der Waals surface area (Å²) in [5.74, 6) is 3.62. The van der Waals surface area contributed by atoms with Gasteiger partial charge >= 0.3 is 0 Å². The molecule has 1 saturated heterocycles. The van der Waals surface area contributed by atoms with Crippen LogP contribution in [-0.2, 0) is 10.2 Å². The Morgan fingerprint density at radius 3 is 2.37 bits per heavy atom. The van der Waals surface area contributed by atoms with Gasteiger partial charge in [0, 0.05) is 87.2 Å². The SMILES string of the molecule is Cc1cc(O)c2c(c1)C(=O)c1c(c3cc4c(nccc14)NC[C@H](O)[C@]14CC5(CCCC5)[C@H]5C#CC[C@H]6CCCC7(CCCC7)[C@@]6(c6cnc[nH]6)c6cc(c([nH]6)C6=C[C@@]7(O3)O[C@@]3(C6=C1C[C@@]1(CCC6(CCCC6)C1)[C@@H]3O)[C@@H](O)[C@H](O)[C@H]7O)[C@H]54)C2=O. The van der Waals surface area contributed by atoms with Gasteiger partial charge in [-0.15, -0.1) is 5.92 Å². The molecule has 9 N–H and O–H groups in total. The van der Waals surface area contributed by atoms with Crippen molar-refractivity contribution in [3.05, 3.63) is 117 Å². The van der Waals surface area contributed by atoms with Crippen LogP contribution in [0.5, 0.6) is 11.5 Å². The molecule has 0 unspecified atom stereocenters. The van der Waals surface area contributed by atoms with Gasteiger partial charge < -0.3 is 55.4 Å². The minimum absolute atomic E-state index is 0.00795. The molecule has 15 nitrogen and oxygen atoms in total. The van der Waals surface area contributed by atoms with E-state index < -0.39 is 75.6 Å². The molecule has 0 amide bonds. The summed E-state index contributed by atoms with van der Waals surface area (Å²) in [6, 6.07) is 8.74. The summed E-state index contributed by atoms with van der Waals surface area (Å²) in [5, 5.41) is 85.0. The van der Waals surface area contributed by atoms with Gasteiger partial charge in [-0.1, -0.05) is 56.4 Å². The van der Waals surface area contributed by atoms with Crippen molar-refractivity contribution < 1.29 is 49.7 Å². The van der Waals surface area contributed by atoms with Crippen LogP contribution in [0.25, 0.3) is 16.3 Å². The number of pyridine rings is 1. The van der Waals surface area contributed by atoms with Crippen LogP contribution in [0, 0.1) is 57.7 Å². The summed E-state index contributed by atoms with van der Waals surface area (Å²) in [6.45, 7) is 1.73. The Labute approximate surface area is 487 Å². The molecule has 6 saturated carbocycles. The van der Waals surface area contributed by atoms with Gasteiger partial charge in [0.15, 0.2) is 17.5 Å². The van der Waals surface area contributed by atoms with Crippen molar-refractivity contribution >= 4 is 33.7 Å². The third-order valence-corrected chi connectivity index (χ3v) is 25.7. The van der Waals surface area contributed by atoms with Crippen molar-refractivity contribution in [2.75, 3.05) is 11.9 Å². The van der Waals surface area contributed by atoms with Gasteiger partial charge in [0.25, 0.3) is 5.79 Å². The number of hydrogen-bond donors (Lipinski definition) is 9. The van der Waals surface area contributed by atoms with E-state index >= 15 is 9.59 Å². The fourth-order valence-electron chi connectivity index (χ4n) is 22.7. The number of aromatic amines is 2. The minimum atomic E-state index is -2.49. The molecule has 19 rings (SSSR count). The molecule has 7 fully saturated rings. The number of nitrogens with zero attached hydrogens (tertiary/aromatic N) is 2. The number of imidazole rings is 1. The summed E-state index contributed by atoms with van der Waals surface area (Å²) in [7, 11) is 0. The molecular weight excluding hydrogens is 1060 g/mol. The molecule has 10 aliphatic carbocycles. The molecule has 10 bridgehead atoms. The number of aryl methyl sites for hydroxylation is 1. The molecule has 7 spiro atoms. The number of fused-ring (bicyclic) bond motifs is 10. The van der Waals surface area contributed by atoms with Crippen LogP contribution >= 0.6 is 0 Å². The van der Waals surface area contributed by atoms with Gasteiger partial charge in [-0.2, -0.15) is 0 Å². The number of ketones is 2. The molecule has 4 aliphatic heterocycles. The van der Waals surface area contributed by atoms with E-state index in [0.717, 1.165) is 125 Å². The highest BCUT2D eigenvalue weighted by Crippen LogP contribution is 2.78. The fraction of sp³-hybridized carbons (Fsp3) is 0.565. The van der Waals surface area contributed by atoms with E-state index in [1.54, 1.807) is 43.7 Å². The lowest BCUT2D eigenvalue weighted by Crippen LogP contribution is -2.79. The van der Waals surface area contributed by atoms with Gasteiger partial charge in [0.1, 0.15) is 29.5 Å². The zero-order valence-electron chi connectivity index (χ0n) is 47.6. The predicted octanol–water partition coefficient (Wildman–Crippen LogP) is 9.40. The normalized spacial score (nSPS) is 39.0. The highest BCUT2D eigenvalue weighted by atomic mass is 16.7. The van der Waals surface area contributed by atoms with Crippen molar-refractivity contribution in [1.82, 2.24) is 19.9 Å². The quantitative estimate of drug-likeness (QED) is 0.0698. The summed E-state index contributed by atoms with van der Waals surface area (Å²) >= 11 is 0. The average molecular weight is 1130 g/mol. The molecular formula is C69H73N5O10. The summed E-state index contributed by atoms with van der Waals surface area (Å²) in [4.78, 5) is 48.6. The van der Waals surface area contributed by atoms with Crippen LogP contribution in [-0.4, -0.2) is 111 Å². The van der Waals surface area contributed by atoms with Gasteiger partial charge in [-0.3, -0.25) is 9.59 Å². The molecule has 2 aromatic carbocycles. The van der Waals surface area contributed by atoms with Gasteiger partial charge in [0.05, 0.1) is 35.1 Å². The first kappa shape index (κ1) is 51.1. The van der Waals surface area contributed by atoms with E-state index in [2.05, 4.69) is 33.2 Å². The molecule has 7 heterocycles. The zero-order valence-corrected chi connectivity index (χ0v) is 47.6. The lowest BCUT2D eigenvalue weighted by Gasteiger charge is -2.64. The fourth-order valence-corrected chi connectivity index (χ4v) is 22.7. The topological polar surface area (TPSA) is 243 Å². The average Bonchev–Trinajstić information content (AvgIpc) is 1.37. The number of anilines is 1. The van der Waals surface area contributed by atoms with Gasteiger partial charge in [0.2, 0.25) is 5.78 Å². The second kappa shape index (κ2) is 16.7. The maximum atomic E-state index is 15.5. The number of aliphatic hydroxyl groups excluding tert-OH is 5. The second-order valence-corrected chi connectivity index (χ2v) is 29.1. The number of aromatic nitrogens is 4. The number of hydrogen-bond acceptors (Lipinski definition) is 13. The number of rotatable bonds is 1. The Balaban J connectivity index is 0.998. The monoisotopic (exact) mass is 1130 g/mol. The highest BCUT2D eigenvalue weighted by molar-refractivity contribution is 6.34. The van der Waals surface area contributed by atoms with Crippen LogP contribution in [0.3, 0.4) is 0 Å². The maximum Gasteiger partial charge on any atom is 0.261 e. The Morgan fingerprint density at radius 2 is 1.57 bits per heavy atom. The summed E-state index contributed by atoms with van der Waals surface area (Å²) in [5.41, 5.74) is 0.385. The van der Waals surface area contributed by atoms with Crippen LogP contribution < -0.4 is 10.1 Å². The van der Waals surface area contributed by atoms with E-state index in [1.807, 2.05) is 6.20 Å². The summed E-state index contributed by atoms with van der Waals surface area (Å²) < 4.78 is 15.2. The number of nitrogens with one attached hydrogen (secondary N) is 3. The molecule has 0 radical (unpaired) electrons. The molecule has 3 aromatic heterocycles. The third kappa shape index (κ3) is 5.88. The lowest BCUT2D eigenvalue weighted by atomic mass is 9.47. The van der Waals surface area contributed by atoms with E-state index in [0.29, 0.717) is 71.1 Å². The van der Waals surface area contributed by atoms with E-state index in [-0.39, 0.29) is 68.4 Å². The largest absolute Gasteiger partial charge is 0.507 e. The van der Waals surface area contributed by atoms with Gasteiger partial charge in [-0.25, -0.2) is 9.97 Å². The highest BCUT2D eigenvalue weighted by Gasteiger charge is 2.78. The van der Waals surface area contributed by atoms with E-state index in [9.17, 15) is 30.6 Å². The van der Waals surface area contributed by atoms with Crippen molar-refractivity contribution in [3.63, 3.8) is 0 Å². The van der Waals surface area contributed by atoms with Crippen molar-refractivity contribution in [2.24, 2.45) is 38.9 Å². The molecule has 5 aromatic rings. The van der Waals surface area contributed by atoms with Crippen molar-refractivity contribution in [1.29, 1.82) is 0 Å². The Morgan fingerprint density at radius 1 is 0.786 bits per heavy atom. The van der Waals surface area contributed by atoms with Crippen LogP contribution in [0.1, 0.15) is 201 Å². The maximum absolute atomic E-state index is 15.5. The lowest BCUT2D eigenvalue weighted by molar-refractivity contribution is -0.366. The van der Waals surface area contributed by atoms with Crippen molar-refractivity contribution in [2.45, 2.75) is 195 Å². The number of carbonyl (C=O) groups excluding carboxylic acids is 2. The molecule has 14 aliphatic rings. The predicted molar refractivity (Wildman–Crippen MR) is 309 cm³/mol. The number of phenolic OH excluding ortho intramolecular Hbond substituents is 1. The first-order chi connectivity index (χ1) is 40.6. The minimum Gasteiger partial charge on any atom is -0.507 e. The Kier molecular flexibility index (Phi) is 10.2. The first-order valence-corrected chi connectivity index (χ1v) is 31.7. The number of H-pyrrole nitrogens is 2. The summed E-state index contributed by atoms with van der Waals surface area (Å²) in [6.07, 6.45) is 17.5. The zero-order chi connectivity index (χ0) is 56.9. The number of benzene rings is 2. The smallest absolute Gasteiger partial charge is 0.261 e. The Bertz CT molecular complexity index is 3910. The molecule has 84 heavy (non-hydrogen) atoms. The molecule has 15 heteroatoms. The molecule has 13 atom stereocenters. The number of ether oxygens (including phenoxy) is 2. The van der Waals surface area contributed by atoms with E-state index in [1.165, 1.54) is 6.07 Å². The van der Waals surface area contributed by atoms with Crippen LogP contribution in [0.15, 0.2) is 66.3 Å². The van der Waals surface area contributed by atoms with E-state index in [4.69, 9.17) is 19.4 Å². The third-order valence-electron chi connectivity index (χ3n) is 25.7. The number of phenols is 1. The standard InChI is InChI=1S/C69H73N5O10/c1-35-24-39-49(44(75)25-35)56(78)51-45-26-38-37(50(51)55(39)77)13-23-71-60(38)72-31-48(76)66-33-63(16-4-5-17-63)42-12-8-10-36-11-9-20-65(18-6-7-19-65)68(36,47-30-70-34-73-47)46-27-40(52(42)66)54(74-46)41-28-67(83-45)58(80)57(79)59(81)69(84-67)53(41)43(66)29-64(61(69)82)22-21-62(32-64)14-2-3-15-62/h13,23-28,30,34,36,42,48,52,57-59,61,74-76,79-82H,2-7,9-11,14-22,29,31-33H2,1H3,(H,70,73)(H,71,72)/t36-,42-,48-,52+,57+,58+,59-,61-,64+,66-,67+,68+,69-/m0/s1. The number of aliphatic hydroxyl groups is 5. The number of carbonyl (C=O) groups is 2.